The highest BCUT2D eigenvalue weighted by Gasteiger charge is 2.19. The first kappa shape index (κ1) is 12.6. The molecule has 1 unspecified atom stereocenters. The molecule has 3 nitrogen and oxygen atoms in total. The van der Waals surface area contributed by atoms with Gasteiger partial charge in [-0.1, -0.05) is 12.1 Å². The third kappa shape index (κ3) is 2.79. The summed E-state index contributed by atoms with van der Waals surface area (Å²) >= 11 is 0. The van der Waals surface area contributed by atoms with Crippen LogP contribution in [0, 0.1) is 5.82 Å². The Kier molecular flexibility index (Phi) is 4.01. The maximum absolute atomic E-state index is 12.7. The van der Waals surface area contributed by atoms with E-state index in [2.05, 4.69) is 0 Å². The second-order valence-electron chi connectivity index (χ2n) is 3.97. The lowest BCUT2D eigenvalue weighted by Crippen LogP contribution is -2.40. The molecule has 0 aliphatic heterocycles. The first-order chi connectivity index (χ1) is 7.43. The van der Waals surface area contributed by atoms with Crippen molar-refractivity contribution >= 4 is 5.91 Å². The summed E-state index contributed by atoms with van der Waals surface area (Å²) in [4.78, 5) is 13.2. The Labute approximate surface area is 95.0 Å². The molecule has 2 atom stereocenters. The predicted molar refractivity (Wildman–Crippen MR) is 61.2 cm³/mol. The third-order valence-corrected chi connectivity index (χ3v) is 2.67. The summed E-state index contributed by atoms with van der Waals surface area (Å²) in [5.41, 5.74) is 6.41. The van der Waals surface area contributed by atoms with Crippen molar-refractivity contribution in [1.29, 1.82) is 0 Å². The molecule has 88 valence electrons. The van der Waals surface area contributed by atoms with Gasteiger partial charge in [-0.05, 0) is 31.5 Å². The van der Waals surface area contributed by atoms with E-state index in [0.717, 1.165) is 5.56 Å². The van der Waals surface area contributed by atoms with Crippen LogP contribution in [-0.4, -0.2) is 23.9 Å². The lowest BCUT2D eigenvalue weighted by Gasteiger charge is -2.26. The maximum atomic E-state index is 12.7. The van der Waals surface area contributed by atoms with Gasteiger partial charge in [-0.15, -0.1) is 0 Å². The molecule has 0 bridgehead atoms. The van der Waals surface area contributed by atoms with Gasteiger partial charge >= 0.3 is 0 Å². The van der Waals surface area contributed by atoms with Crippen LogP contribution < -0.4 is 5.73 Å². The molecule has 1 aromatic carbocycles. The van der Waals surface area contributed by atoms with Crippen molar-refractivity contribution in [3.05, 3.63) is 35.6 Å². The molecule has 0 aromatic heterocycles. The van der Waals surface area contributed by atoms with E-state index in [-0.39, 0.29) is 17.8 Å². The molecule has 1 amide bonds. The van der Waals surface area contributed by atoms with E-state index in [9.17, 15) is 9.18 Å². The second kappa shape index (κ2) is 5.07. The van der Waals surface area contributed by atoms with E-state index in [4.69, 9.17) is 5.73 Å². The van der Waals surface area contributed by atoms with Gasteiger partial charge in [0, 0.05) is 7.05 Å². The summed E-state index contributed by atoms with van der Waals surface area (Å²) in [5.74, 6) is -0.408. The molecule has 2 N–H and O–H groups in total. The van der Waals surface area contributed by atoms with E-state index >= 15 is 0 Å². The Morgan fingerprint density at radius 1 is 1.31 bits per heavy atom. The topological polar surface area (TPSA) is 46.3 Å². The Hall–Kier alpha value is -1.42. The van der Waals surface area contributed by atoms with Crippen molar-refractivity contribution in [2.45, 2.75) is 25.9 Å². The number of benzene rings is 1. The number of hydrogen-bond donors (Lipinski definition) is 1. The normalized spacial score (nSPS) is 14.3. The average Bonchev–Trinajstić information content (AvgIpc) is 2.27. The van der Waals surface area contributed by atoms with Crippen LogP contribution in [0.1, 0.15) is 25.5 Å². The SMILES string of the molecule is CC(N)C(=O)N(C)[C@@H](C)c1ccc(F)cc1. The molecule has 0 radical (unpaired) electrons. The largest absolute Gasteiger partial charge is 0.338 e. The van der Waals surface area contributed by atoms with Crippen LogP contribution in [0.5, 0.6) is 0 Å². The van der Waals surface area contributed by atoms with Gasteiger partial charge in [0.05, 0.1) is 12.1 Å². The van der Waals surface area contributed by atoms with Gasteiger partial charge in [-0.25, -0.2) is 4.39 Å². The van der Waals surface area contributed by atoms with Crippen molar-refractivity contribution in [3.8, 4) is 0 Å². The first-order valence-electron chi connectivity index (χ1n) is 5.21. The zero-order valence-electron chi connectivity index (χ0n) is 9.77. The van der Waals surface area contributed by atoms with Crippen molar-refractivity contribution < 1.29 is 9.18 Å². The molecule has 4 heteroatoms. The highest BCUT2D eigenvalue weighted by molar-refractivity contribution is 5.81. The Balaban J connectivity index is 2.81. The van der Waals surface area contributed by atoms with Crippen LogP contribution in [0.3, 0.4) is 0 Å². The van der Waals surface area contributed by atoms with E-state index < -0.39 is 6.04 Å². The van der Waals surface area contributed by atoms with Crippen LogP contribution >= 0.6 is 0 Å². The molecule has 0 spiro atoms. The Morgan fingerprint density at radius 2 is 1.81 bits per heavy atom. The van der Waals surface area contributed by atoms with E-state index in [1.165, 1.54) is 12.1 Å². The molecule has 0 saturated carbocycles. The zero-order valence-corrected chi connectivity index (χ0v) is 9.77. The van der Waals surface area contributed by atoms with Crippen molar-refractivity contribution in [2.75, 3.05) is 7.05 Å². The smallest absolute Gasteiger partial charge is 0.239 e. The number of rotatable bonds is 3. The number of carbonyl (C=O) groups is 1. The minimum absolute atomic E-state index is 0.112. The van der Waals surface area contributed by atoms with Crippen molar-refractivity contribution in [2.24, 2.45) is 5.73 Å². The monoisotopic (exact) mass is 224 g/mol. The van der Waals surface area contributed by atoms with E-state index in [1.807, 2.05) is 6.92 Å². The van der Waals surface area contributed by atoms with Gasteiger partial charge in [-0.2, -0.15) is 0 Å². The van der Waals surface area contributed by atoms with Crippen LogP contribution in [0.2, 0.25) is 0 Å². The fourth-order valence-corrected chi connectivity index (χ4v) is 1.48. The number of amides is 1. The summed E-state index contributed by atoms with van der Waals surface area (Å²) in [6.07, 6.45) is 0. The minimum Gasteiger partial charge on any atom is -0.338 e. The Bertz CT molecular complexity index is 362. The molecule has 1 aromatic rings. The molecule has 0 aliphatic carbocycles. The minimum atomic E-state index is -0.520. The molecule has 0 aliphatic rings. The fraction of sp³-hybridized carbons (Fsp3) is 0.417. The third-order valence-electron chi connectivity index (χ3n) is 2.67. The van der Waals surface area contributed by atoms with Crippen LogP contribution in [0.25, 0.3) is 0 Å². The maximum Gasteiger partial charge on any atom is 0.239 e. The van der Waals surface area contributed by atoms with Gasteiger partial charge in [-0.3, -0.25) is 4.79 Å². The summed E-state index contributed by atoms with van der Waals surface area (Å²) in [5, 5.41) is 0. The summed E-state index contributed by atoms with van der Waals surface area (Å²) in [6, 6.07) is 5.48. The molecule has 0 saturated heterocycles. The highest BCUT2D eigenvalue weighted by Crippen LogP contribution is 2.19. The lowest BCUT2D eigenvalue weighted by molar-refractivity contribution is -0.132. The number of halogens is 1. The summed E-state index contributed by atoms with van der Waals surface area (Å²) in [6.45, 7) is 3.53. The van der Waals surface area contributed by atoms with Gasteiger partial charge in [0.15, 0.2) is 0 Å². The van der Waals surface area contributed by atoms with E-state index in [1.54, 1.807) is 31.0 Å². The Morgan fingerprint density at radius 3 is 2.25 bits per heavy atom. The molecule has 0 fully saturated rings. The standard InChI is InChI=1S/C12H17FN2O/c1-8(14)12(16)15(3)9(2)10-4-6-11(13)7-5-10/h4-9H,14H2,1-3H3/t8?,9-/m0/s1. The predicted octanol–water partition coefficient (Wildman–Crippen LogP) is 1.69. The average molecular weight is 224 g/mol. The highest BCUT2D eigenvalue weighted by atomic mass is 19.1. The fourth-order valence-electron chi connectivity index (χ4n) is 1.48. The molecule has 1 rings (SSSR count). The molecule has 0 heterocycles. The van der Waals surface area contributed by atoms with Crippen LogP contribution in [0.15, 0.2) is 24.3 Å². The van der Waals surface area contributed by atoms with Gasteiger partial charge in [0.2, 0.25) is 5.91 Å². The molecular formula is C12H17FN2O. The molecule has 16 heavy (non-hydrogen) atoms. The van der Waals surface area contributed by atoms with Crippen molar-refractivity contribution in [3.63, 3.8) is 0 Å². The van der Waals surface area contributed by atoms with E-state index in [0.29, 0.717) is 0 Å². The lowest BCUT2D eigenvalue weighted by atomic mass is 10.1. The second-order valence-corrected chi connectivity index (χ2v) is 3.97. The number of hydrogen-bond acceptors (Lipinski definition) is 2. The molecular weight excluding hydrogens is 207 g/mol. The summed E-state index contributed by atoms with van der Waals surface area (Å²) < 4.78 is 12.7. The summed E-state index contributed by atoms with van der Waals surface area (Å²) in [7, 11) is 1.69. The zero-order chi connectivity index (χ0) is 12.3. The van der Waals surface area contributed by atoms with Crippen LogP contribution in [-0.2, 0) is 4.79 Å². The van der Waals surface area contributed by atoms with Crippen molar-refractivity contribution in [1.82, 2.24) is 4.90 Å². The first-order valence-corrected chi connectivity index (χ1v) is 5.21. The van der Waals surface area contributed by atoms with Gasteiger partial charge in [0.1, 0.15) is 5.82 Å². The van der Waals surface area contributed by atoms with Gasteiger partial charge in [0.25, 0.3) is 0 Å². The van der Waals surface area contributed by atoms with Crippen LogP contribution in [0.4, 0.5) is 4.39 Å². The number of likely N-dealkylation sites (N-methyl/N-ethyl adjacent to an activating group) is 1. The van der Waals surface area contributed by atoms with Gasteiger partial charge < -0.3 is 10.6 Å². The quantitative estimate of drug-likeness (QED) is 0.849. The number of nitrogens with zero attached hydrogens (tertiary/aromatic N) is 1. The number of carbonyl (C=O) groups excluding carboxylic acids is 1. The number of nitrogens with two attached hydrogens (primary N) is 1.